The second kappa shape index (κ2) is 20.8. The molecule has 0 aliphatic carbocycles. The van der Waals surface area contributed by atoms with E-state index < -0.39 is 11.9 Å². The van der Waals surface area contributed by atoms with Gasteiger partial charge >= 0.3 is 11.9 Å². The molecule has 0 amide bonds. The lowest BCUT2D eigenvalue weighted by Gasteiger charge is -2.46. The van der Waals surface area contributed by atoms with Gasteiger partial charge in [-0.15, -0.1) is 0 Å². The molecule has 0 saturated carbocycles. The fourth-order valence-corrected chi connectivity index (χ4v) is 7.60. The lowest BCUT2D eigenvalue weighted by molar-refractivity contribution is -0.941. The summed E-state index contributed by atoms with van der Waals surface area (Å²) in [6, 6.07) is 16.4. The molecule has 0 saturated heterocycles. The molecule has 2 heterocycles. The first-order valence-corrected chi connectivity index (χ1v) is 19.6. The van der Waals surface area contributed by atoms with Crippen LogP contribution in [0.25, 0.3) is 0 Å². The van der Waals surface area contributed by atoms with Crippen LogP contribution in [-0.2, 0) is 38.4 Å². The zero-order chi connectivity index (χ0) is 39.9. The molecule has 3 aromatic rings. The van der Waals surface area contributed by atoms with E-state index in [1.165, 1.54) is 11.1 Å². The molecule has 0 bridgehead atoms. The van der Waals surface area contributed by atoms with Gasteiger partial charge in [0.1, 0.15) is 6.04 Å². The molecule has 5 rings (SSSR count). The van der Waals surface area contributed by atoms with E-state index in [0.29, 0.717) is 35.8 Å². The van der Waals surface area contributed by atoms with Gasteiger partial charge in [-0.3, -0.25) is 4.90 Å². The Morgan fingerprint density at radius 2 is 1.39 bits per heavy atom. The fraction of sp³-hybridized carbons (Fsp3) is 0.500. The van der Waals surface area contributed by atoms with Crippen LogP contribution in [0.1, 0.15) is 67.3 Å². The minimum absolute atomic E-state index is 0.0918. The number of nitrogens with zero attached hydrogens (tertiary/aromatic N) is 2. The number of carbonyl (C=O) groups is 2. The summed E-state index contributed by atoms with van der Waals surface area (Å²) in [5.41, 5.74) is 4.71. The van der Waals surface area contributed by atoms with Crippen molar-refractivity contribution < 1.29 is 52.0 Å². The number of methoxy groups -OCH3 is 4. The highest BCUT2D eigenvalue weighted by molar-refractivity contribution is 5.91. The normalized spacial score (nSPS) is 17.1. The Morgan fingerprint density at radius 1 is 0.750 bits per heavy atom. The van der Waals surface area contributed by atoms with Gasteiger partial charge in [0, 0.05) is 50.1 Å². The van der Waals surface area contributed by atoms with Crippen molar-refractivity contribution in [2.45, 2.75) is 64.5 Å². The highest BCUT2D eigenvalue weighted by atomic mass is 16.7. The number of carbonyl (C=O) groups excluding carboxylic acids is 2. The summed E-state index contributed by atoms with van der Waals surface area (Å²) in [6.07, 6.45) is 8.64. The van der Waals surface area contributed by atoms with E-state index in [9.17, 15) is 9.59 Å². The molecule has 0 aromatic heterocycles. The number of fused-ring (bicyclic) bond motifs is 2. The van der Waals surface area contributed by atoms with Gasteiger partial charge in [-0.25, -0.2) is 9.59 Å². The van der Waals surface area contributed by atoms with E-state index in [0.717, 1.165) is 104 Å². The maximum absolute atomic E-state index is 12.6. The Labute approximate surface area is 331 Å². The summed E-state index contributed by atoms with van der Waals surface area (Å²) in [6.45, 7) is 7.10. The van der Waals surface area contributed by atoms with Gasteiger partial charge in [0.2, 0.25) is 6.79 Å². The number of likely N-dealkylation sites (N-methyl/N-ethyl adjacent to an activating group) is 1. The Morgan fingerprint density at radius 3 is 2.11 bits per heavy atom. The zero-order valence-corrected chi connectivity index (χ0v) is 33.9. The molecular formula is C44H59N2O10+. The summed E-state index contributed by atoms with van der Waals surface area (Å²) >= 11 is 0. The monoisotopic (exact) mass is 775 g/mol. The second-order valence-electron chi connectivity index (χ2n) is 14.5. The number of unbranched alkanes of at least 4 members (excludes halogenated alkanes) is 2. The van der Waals surface area contributed by atoms with Crippen molar-refractivity contribution in [3.63, 3.8) is 0 Å². The zero-order valence-electron chi connectivity index (χ0n) is 33.9. The molecule has 0 fully saturated rings. The number of esters is 2. The van der Waals surface area contributed by atoms with Gasteiger partial charge in [-0.1, -0.05) is 31.9 Å². The van der Waals surface area contributed by atoms with Crippen LogP contribution >= 0.6 is 0 Å². The molecule has 2 aliphatic rings. The first kappa shape index (κ1) is 42.2. The Bertz CT molecular complexity index is 1800. The topological polar surface area (TPSA) is 111 Å². The third-order valence-electron chi connectivity index (χ3n) is 10.7. The quantitative estimate of drug-likeness (QED) is 0.0463. The van der Waals surface area contributed by atoms with Gasteiger partial charge in [-0.05, 0) is 72.5 Å². The highest BCUT2D eigenvalue weighted by Crippen LogP contribution is 2.43. The number of hydrogen-bond donors (Lipinski definition) is 0. The summed E-state index contributed by atoms with van der Waals surface area (Å²) < 4.78 is 45.1. The summed E-state index contributed by atoms with van der Waals surface area (Å²) in [5, 5.41) is 0. The Balaban J connectivity index is 1.10. The number of benzene rings is 3. The van der Waals surface area contributed by atoms with Crippen LogP contribution in [0, 0.1) is 0 Å². The van der Waals surface area contributed by atoms with Gasteiger partial charge in [0.25, 0.3) is 0 Å². The van der Waals surface area contributed by atoms with E-state index in [-0.39, 0.29) is 26.0 Å². The first-order chi connectivity index (χ1) is 27.2. The average Bonchev–Trinajstić information content (AvgIpc) is 3.69. The van der Waals surface area contributed by atoms with Crippen LogP contribution in [0.3, 0.4) is 0 Å². The van der Waals surface area contributed by atoms with Crippen molar-refractivity contribution in [2.24, 2.45) is 0 Å². The predicted molar refractivity (Wildman–Crippen MR) is 213 cm³/mol. The Hall–Kier alpha value is -4.94. The van der Waals surface area contributed by atoms with Crippen molar-refractivity contribution in [3.8, 4) is 34.5 Å². The molecule has 2 atom stereocenters. The molecule has 0 unspecified atom stereocenters. The van der Waals surface area contributed by atoms with Crippen LogP contribution in [0.15, 0.2) is 60.7 Å². The maximum Gasteiger partial charge on any atom is 0.331 e. The Kier molecular flexibility index (Phi) is 15.7. The molecule has 2 aliphatic heterocycles. The maximum atomic E-state index is 12.6. The van der Waals surface area contributed by atoms with Crippen molar-refractivity contribution in [1.29, 1.82) is 0 Å². The molecule has 0 radical (unpaired) electrons. The fourth-order valence-electron chi connectivity index (χ4n) is 7.60. The molecular weight excluding hydrogens is 716 g/mol. The van der Waals surface area contributed by atoms with Crippen molar-refractivity contribution in [1.82, 2.24) is 4.90 Å². The molecule has 0 spiro atoms. The van der Waals surface area contributed by atoms with Crippen LogP contribution < -0.4 is 28.4 Å². The smallest absolute Gasteiger partial charge is 0.331 e. The summed E-state index contributed by atoms with van der Waals surface area (Å²) in [7, 11) is 8.84. The predicted octanol–water partition coefficient (Wildman–Crippen LogP) is 6.85. The summed E-state index contributed by atoms with van der Waals surface area (Å²) in [4.78, 5) is 27.4. The molecule has 12 nitrogen and oxygen atoms in total. The number of rotatable bonds is 22. The molecule has 3 aromatic carbocycles. The third kappa shape index (κ3) is 11.3. The third-order valence-corrected chi connectivity index (χ3v) is 10.7. The molecule has 304 valence electrons. The van der Waals surface area contributed by atoms with E-state index >= 15 is 0 Å². The van der Waals surface area contributed by atoms with E-state index in [4.69, 9.17) is 37.9 Å². The second-order valence-corrected chi connectivity index (χ2v) is 14.5. The van der Waals surface area contributed by atoms with Crippen molar-refractivity contribution in [3.05, 3.63) is 82.9 Å². The molecule has 12 heteroatoms. The summed E-state index contributed by atoms with van der Waals surface area (Å²) in [5.74, 6) is 3.19. The molecule has 0 N–H and O–H groups in total. The van der Waals surface area contributed by atoms with Crippen molar-refractivity contribution in [2.75, 3.05) is 81.7 Å². The standard InChI is InChI=1S/C44H59N2O10/c1-7-8-9-19-45(30-33-13-15-38-42(27-33)56-31-55-38)20-10-23-53-43(47)16-17-44(48)54-24-11-21-46(2)22-18-34-28-40(51-5)41(52-6)29-35(34)36(46)25-32-12-14-37(49-3)39(26-32)50-4/h12-17,26-29,36H,7-11,18-25,30-31H2,1-6H3/q+1/b17-16-/t36-,46-/m1/s1. The first-order valence-electron chi connectivity index (χ1n) is 19.6. The van der Waals surface area contributed by atoms with Gasteiger partial charge in [-0.2, -0.15) is 0 Å². The van der Waals surface area contributed by atoms with Crippen LogP contribution in [0.5, 0.6) is 34.5 Å². The lowest BCUT2D eigenvalue weighted by Crippen LogP contribution is -2.52. The minimum atomic E-state index is -0.571. The number of hydrogen-bond acceptors (Lipinski definition) is 11. The van der Waals surface area contributed by atoms with Gasteiger partial charge in [0.05, 0.1) is 61.8 Å². The number of ether oxygens (including phenoxy) is 8. The highest BCUT2D eigenvalue weighted by Gasteiger charge is 2.40. The van der Waals surface area contributed by atoms with E-state index in [1.807, 2.05) is 24.3 Å². The SMILES string of the molecule is CCCCCN(CCCOC(=O)/C=C\C(=O)OCCC[N@+]1(C)CCc2cc(OC)c(OC)cc2[C@H]1Cc1ccc(OC)c(OC)c1)Cc1ccc2c(c1)OCO2. The average molecular weight is 776 g/mol. The lowest BCUT2D eigenvalue weighted by atomic mass is 9.86. The molecule has 56 heavy (non-hydrogen) atoms. The largest absolute Gasteiger partial charge is 0.493 e. The van der Waals surface area contributed by atoms with Crippen LogP contribution in [0.2, 0.25) is 0 Å². The van der Waals surface area contributed by atoms with Crippen molar-refractivity contribution >= 4 is 11.9 Å². The van der Waals surface area contributed by atoms with E-state index in [2.05, 4.69) is 43.1 Å². The van der Waals surface area contributed by atoms with Crippen LogP contribution in [0.4, 0.5) is 0 Å². The van der Waals surface area contributed by atoms with E-state index in [1.54, 1.807) is 28.4 Å². The van der Waals surface area contributed by atoms with Gasteiger partial charge in [0.15, 0.2) is 34.5 Å². The number of quaternary nitrogens is 1. The minimum Gasteiger partial charge on any atom is -0.493 e. The van der Waals surface area contributed by atoms with Crippen LogP contribution in [-0.4, -0.2) is 103 Å². The van der Waals surface area contributed by atoms with Gasteiger partial charge < -0.3 is 42.4 Å².